The van der Waals surface area contributed by atoms with Crippen LogP contribution in [0.2, 0.25) is 5.02 Å². The number of nitrogens with one attached hydrogen (secondary N) is 1. The molecule has 1 heterocycles. The monoisotopic (exact) mass is 466 g/mol. The summed E-state index contributed by atoms with van der Waals surface area (Å²) < 4.78 is 12.1. The Morgan fingerprint density at radius 2 is 2.11 bits per heavy atom. The Balaban J connectivity index is 1.70. The van der Waals surface area contributed by atoms with E-state index in [1.54, 1.807) is 24.8 Å². The van der Waals surface area contributed by atoms with Gasteiger partial charge in [0.1, 0.15) is 23.9 Å². The van der Waals surface area contributed by atoms with Crippen molar-refractivity contribution in [1.82, 2.24) is 4.98 Å². The average molecular weight is 468 g/mol. The molecule has 27 heavy (non-hydrogen) atoms. The maximum absolute atomic E-state index is 6.20. The van der Waals surface area contributed by atoms with Crippen LogP contribution < -0.4 is 20.6 Å². The maximum atomic E-state index is 6.20. The molecule has 0 atom stereocenters. The molecule has 3 N–H and O–H groups in total. The first kappa shape index (κ1) is 19.5. The highest BCUT2D eigenvalue weighted by atomic mass is 79.9. The van der Waals surface area contributed by atoms with Gasteiger partial charge in [-0.2, -0.15) is 5.10 Å². The Labute approximate surface area is 174 Å². The minimum atomic E-state index is 0.308. The summed E-state index contributed by atoms with van der Waals surface area (Å²) in [4.78, 5) is 4.08. The molecule has 0 radical (unpaired) electrons. The van der Waals surface area contributed by atoms with E-state index in [9.17, 15) is 0 Å². The van der Waals surface area contributed by atoms with E-state index in [1.165, 1.54) is 11.3 Å². The van der Waals surface area contributed by atoms with Gasteiger partial charge in [0.2, 0.25) is 5.13 Å². The minimum absolute atomic E-state index is 0.308. The van der Waals surface area contributed by atoms with Crippen LogP contribution in [-0.2, 0) is 6.61 Å². The van der Waals surface area contributed by atoms with E-state index < -0.39 is 0 Å². The summed E-state index contributed by atoms with van der Waals surface area (Å²) >= 11 is 11.0. The number of hydrogen-bond donors (Lipinski definition) is 2. The molecule has 0 saturated carbocycles. The van der Waals surface area contributed by atoms with Gasteiger partial charge in [-0.05, 0) is 42.0 Å². The molecule has 9 heteroatoms. The lowest BCUT2D eigenvalue weighted by Gasteiger charge is -2.12. The molecule has 0 fully saturated rings. The Morgan fingerprint density at radius 3 is 2.81 bits per heavy atom. The van der Waals surface area contributed by atoms with E-state index in [2.05, 4.69) is 31.4 Å². The number of aromatic nitrogens is 1. The SMILES string of the molecule is COc1ccc(C=NNc2nc(N)cs2)cc1COc1ccc(Br)cc1Cl. The highest BCUT2D eigenvalue weighted by molar-refractivity contribution is 9.10. The first-order valence-electron chi connectivity index (χ1n) is 7.80. The smallest absolute Gasteiger partial charge is 0.205 e. The van der Waals surface area contributed by atoms with Crippen LogP contribution in [0.3, 0.4) is 0 Å². The molecule has 1 aromatic heterocycles. The second kappa shape index (κ2) is 9.07. The third kappa shape index (κ3) is 5.35. The van der Waals surface area contributed by atoms with Crippen LogP contribution in [-0.4, -0.2) is 18.3 Å². The summed E-state index contributed by atoms with van der Waals surface area (Å²) in [5, 5.41) is 7.08. The highest BCUT2D eigenvalue weighted by Gasteiger charge is 2.08. The van der Waals surface area contributed by atoms with Crippen molar-refractivity contribution in [3.8, 4) is 11.5 Å². The minimum Gasteiger partial charge on any atom is -0.496 e. The quantitative estimate of drug-likeness (QED) is 0.370. The number of halogens is 2. The second-order valence-corrected chi connectivity index (χ2v) is 7.56. The van der Waals surface area contributed by atoms with Crippen molar-refractivity contribution < 1.29 is 9.47 Å². The highest BCUT2D eigenvalue weighted by Crippen LogP contribution is 2.29. The van der Waals surface area contributed by atoms with E-state index in [0.29, 0.717) is 28.3 Å². The molecule has 0 spiro atoms. The number of rotatable bonds is 7. The molecule has 0 amide bonds. The average Bonchev–Trinajstić information content (AvgIpc) is 3.06. The molecule has 3 rings (SSSR count). The zero-order valence-electron chi connectivity index (χ0n) is 14.3. The molecule has 2 aromatic carbocycles. The number of methoxy groups -OCH3 is 1. The van der Waals surface area contributed by atoms with Gasteiger partial charge in [0.25, 0.3) is 0 Å². The first-order valence-corrected chi connectivity index (χ1v) is 9.85. The second-order valence-electron chi connectivity index (χ2n) is 5.38. The van der Waals surface area contributed by atoms with E-state index in [1.807, 2.05) is 30.3 Å². The lowest BCUT2D eigenvalue weighted by atomic mass is 10.1. The number of anilines is 2. The van der Waals surface area contributed by atoms with Gasteiger partial charge in [0.05, 0.1) is 18.3 Å². The summed E-state index contributed by atoms with van der Waals surface area (Å²) in [6.45, 7) is 0.308. The van der Waals surface area contributed by atoms with Gasteiger partial charge in [0.15, 0.2) is 0 Å². The van der Waals surface area contributed by atoms with Crippen molar-refractivity contribution in [3.05, 3.63) is 62.4 Å². The van der Waals surface area contributed by atoms with Gasteiger partial charge in [-0.15, -0.1) is 11.3 Å². The molecule has 0 bridgehead atoms. The van der Waals surface area contributed by atoms with Crippen LogP contribution in [0, 0.1) is 0 Å². The zero-order chi connectivity index (χ0) is 19.2. The zero-order valence-corrected chi connectivity index (χ0v) is 17.4. The number of benzene rings is 2. The van der Waals surface area contributed by atoms with E-state index >= 15 is 0 Å². The van der Waals surface area contributed by atoms with Crippen molar-refractivity contribution in [2.45, 2.75) is 6.61 Å². The summed E-state index contributed by atoms with van der Waals surface area (Å²) in [6, 6.07) is 11.2. The van der Waals surface area contributed by atoms with Crippen LogP contribution in [0.4, 0.5) is 10.9 Å². The number of nitrogens with two attached hydrogens (primary N) is 1. The normalized spacial score (nSPS) is 10.9. The largest absolute Gasteiger partial charge is 0.496 e. The number of nitrogen functional groups attached to an aromatic ring is 1. The lowest BCUT2D eigenvalue weighted by molar-refractivity contribution is 0.297. The Kier molecular flexibility index (Phi) is 6.54. The third-order valence-electron chi connectivity index (χ3n) is 3.48. The fourth-order valence-electron chi connectivity index (χ4n) is 2.24. The van der Waals surface area contributed by atoms with Crippen molar-refractivity contribution in [2.24, 2.45) is 5.10 Å². The van der Waals surface area contributed by atoms with Crippen LogP contribution in [0.1, 0.15) is 11.1 Å². The van der Waals surface area contributed by atoms with Crippen molar-refractivity contribution >= 4 is 56.0 Å². The molecule has 0 saturated heterocycles. The Bertz CT molecular complexity index is 964. The Hall–Kier alpha value is -2.29. The molecule has 0 aliphatic rings. The van der Waals surface area contributed by atoms with Gasteiger partial charge in [0, 0.05) is 15.4 Å². The Morgan fingerprint density at radius 1 is 1.30 bits per heavy atom. The molecule has 6 nitrogen and oxygen atoms in total. The van der Waals surface area contributed by atoms with Crippen molar-refractivity contribution in [3.63, 3.8) is 0 Å². The fraction of sp³-hybridized carbons (Fsp3) is 0.111. The number of hydrazone groups is 1. The molecular weight excluding hydrogens is 452 g/mol. The molecular formula is C18H16BrClN4O2S. The number of hydrogen-bond acceptors (Lipinski definition) is 7. The first-order chi connectivity index (χ1) is 13.0. The van der Waals surface area contributed by atoms with Crippen molar-refractivity contribution in [2.75, 3.05) is 18.3 Å². The predicted octanol–water partition coefficient (Wildman–Crippen LogP) is 5.17. The predicted molar refractivity (Wildman–Crippen MR) is 114 cm³/mol. The number of thiazole rings is 1. The number of nitrogens with zero attached hydrogens (tertiary/aromatic N) is 2. The number of ether oxygens (including phenoxy) is 2. The molecule has 3 aromatic rings. The lowest BCUT2D eigenvalue weighted by Crippen LogP contribution is -2.01. The van der Waals surface area contributed by atoms with Crippen LogP contribution in [0.15, 0.2) is 51.4 Å². The van der Waals surface area contributed by atoms with Gasteiger partial charge in [-0.1, -0.05) is 27.5 Å². The molecule has 0 aliphatic heterocycles. The standard InChI is InChI=1S/C18H16BrClN4O2S/c1-25-15-4-2-11(8-22-24-18-23-17(21)10-27-18)6-12(15)9-26-16-5-3-13(19)7-14(16)20/h2-8,10H,9,21H2,1H3,(H,23,24). The van der Waals surface area contributed by atoms with Crippen LogP contribution in [0.5, 0.6) is 11.5 Å². The summed E-state index contributed by atoms with van der Waals surface area (Å²) in [5.41, 5.74) is 10.2. The van der Waals surface area contributed by atoms with Crippen molar-refractivity contribution in [1.29, 1.82) is 0 Å². The van der Waals surface area contributed by atoms with Gasteiger partial charge in [-0.25, -0.2) is 4.98 Å². The molecule has 0 unspecified atom stereocenters. The summed E-state index contributed by atoms with van der Waals surface area (Å²) in [6.07, 6.45) is 1.69. The van der Waals surface area contributed by atoms with E-state index in [4.69, 9.17) is 26.8 Å². The summed E-state index contributed by atoms with van der Waals surface area (Å²) in [7, 11) is 1.62. The summed E-state index contributed by atoms with van der Waals surface area (Å²) in [5.74, 6) is 1.79. The van der Waals surface area contributed by atoms with E-state index in [-0.39, 0.29) is 0 Å². The van der Waals surface area contributed by atoms with Gasteiger partial charge >= 0.3 is 0 Å². The van der Waals surface area contributed by atoms with Crippen LogP contribution in [0.25, 0.3) is 0 Å². The molecule has 140 valence electrons. The maximum Gasteiger partial charge on any atom is 0.205 e. The third-order valence-corrected chi connectivity index (χ3v) is 5.03. The van der Waals surface area contributed by atoms with Gasteiger partial charge < -0.3 is 15.2 Å². The molecule has 0 aliphatic carbocycles. The van der Waals surface area contributed by atoms with E-state index in [0.717, 1.165) is 21.3 Å². The van der Waals surface area contributed by atoms with Gasteiger partial charge in [-0.3, -0.25) is 5.43 Å². The fourth-order valence-corrected chi connectivity index (χ4v) is 3.52. The topological polar surface area (TPSA) is 81.8 Å². The van der Waals surface area contributed by atoms with Crippen LogP contribution >= 0.6 is 38.9 Å².